The number of carbonyl (C=O) groups is 14. The van der Waals surface area contributed by atoms with Gasteiger partial charge in [0, 0.05) is 25.4 Å². The molecule has 7 rings (SSSR count). The minimum absolute atomic E-state index is 0.00803. The number of rotatable bonds is 38. The molecule has 10 unspecified atom stereocenters. The Morgan fingerprint density at radius 3 is 0.948 bits per heavy atom. The number of ketones is 1. The van der Waals surface area contributed by atoms with E-state index in [1.165, 1.54) is 21.3 Å². The number of aliphatic carboxylic acids is 1. The van der Waals surface area contributed by atoms with Crippen LogP contribution in [0.3, 0.4) is 0 Å². The van der Waals surface area contributed by atoms with E-state index in [0.29, 0.717) is 77.0 Å². The van der Waals surface area contributed by atoms with E-state index in [1.807, 2.05) is 0 Å². The van der Waals surface area contributed by atoms with Crippen molar-refractivity contribution >= 4 is 192 Å². The van der Waals surface area contributed by atoms with E-state index in [1.54, 1.807) is 45.1 Å². The summed E-state index contributed by atoms with van der Waals surface area (Å²) < 4.78 is 307. The summed E-state index contributed by atoms with van der Waals surface area (Å²) in [6.45, 7) is 1.31. The summed E-state index contributed by atoms with van der Waals surface area (Å²) in [5, 5.41) is 8.92. The first-order valence-corrected chi connectivity index (χ1v) is 54.4. The maximum Gasteiger partial charge on any atom is 0.351 e. The molecule has 62 heteroatoms. The van der Waals surface area contributed by atoms with Gasteiger partial charge in [0.25, 0.3) is 0 Å². The Kier molecular flexibility index (Phi) is 56.9. The van der Waals surface area contributed by atoms with Gasteiger partial charge in [0.15, 0.2) is 6.79 Å². The second-order valence-corrected chi connectivity index (χ2v) is 43.3. The van der Waals surface area contributed by atoms with Crippen molar-refractivity contribution in [1.29, 1.82) is 0 Å². The lowest BCUT2D eigenvalue weighted by molar-refractivity contribution is -0.182. The van der Waals surface area contributed by atoms with E-state index in [2.05, 4.69) is 49.1 Å². The van der Waals surface area contributed by atoms with Crippen LogP contribution in [0.4, 0.5) is 0 Å². The highest BCUT2D eigenvalue weighted by Gasteiger charge is 2.76. The maximum atomic E-state index is 12.2. The molecule has 0 spiro atoms. The number of carboxylic acids is 1. The predicted octanol–water partition coefficient (Wildman–Crippen LogP) is -1.53. The van der Waals surface area contributed by atoms with Crippen LogP contribution in [-0.2, 0) is 210 Å². The fourth-order valence-electron chi connectivity index (χ4n) is 13.2. The Hall–Kier alpha value is -7.73. The standard InChI is InChI=1S/C12H20O8S.C12H18O7S.C11H18O7S.C11H16O7S.C10H14O7S.C9H14O6S.C4H7BrO5S.C4H7ClO5S/c1-18-8-20-12(14)10-5-3-2-4-9(10)11(13)19-6-7-21(15,16)17;1-10(2)11(3)4-5-12(10,19-8(11)13)9(14)18-6-7-20(15,16)17;2*1-17-10(12)8-4-2-3-5-9(8)11(13)18-6-7-19(14,15)16;11-9(12)7-3-1-2-4-8(7)10(13)17-5-6-18(14,15)16;10-8-3-1-7(2-4-8)9(11)15-5-6-16(12,13)14;2*5-3-4(6)10-1-2-11(7,8)9/h9-10H,2-8H2,1H3,(H,15,16,17);4-7H2,1-3H3,(H,15,16,17);8-9H,2-7H2,1H3,(H,14,15,16);2-3,8-9H,4-7H2,1H3,(H,14,15,16);1-2,7-8H,3-6H2,(H,11,12)(H,14,15,16);7H,1-6H2,(H,12,13,14);2*1-3H2,(H,7,8,9)/p-8. The highest BCUT2D eigenvalue weighted by atomic mass is 79.9. The first kappa shape index (κ1) is 127. The molecule has 1 N–H and O–H groups in total. The number of methoxy groups -OCH3 is 3. The van der Waals surface area contributed by atoms with Crippen LogP contribution in [0.15, 0.2) is 24.3 Å². The molecule has 0 radical (unpaired) electrons. The lowest BCUT2D eigenvalue weighted by Gasteiger charge is -2.34. The van der Waals surface area contributed by atoms with Gasteiger partial charge in [0.1, 0.15) is 69.8 Å². The number of carboxylic acid groups (broad SMARTS) is 1. The Balaban J connectivity index is 0.00000153. The van der Waals surface area contributed by atoms with Crippen LogP contribution < -0.4 is 0 Å². The minimum atomic E-state index is -4.45. The third-order valence-electron chi connectivity index (χ3n) is 20.7. The number of hydrogen-bond acceptors (Lipinski definition) is 51. The van der Waals surface area contributed by atoms with Gasteiger partial charge in [0.2, 0.25) is 5.60 Å². The van der Waals surface area contributed by atoms with Gasteiger partial charge in [-0.25, -0.2) is 72.1 Å². The maximum absolute atomic E-state index is 12.2. The quantitative estimate of drug-likeness (QED) is 0.0183. The zero-order valence-electron chi connectivity index (χ0n) is 73.5. The molecular weight excluding hydrogens is 2080 g/mol. The number of halogens is 2. The van der Waals surface area contributed by atoms with Crippen LogP contribution in [0.2, 0.25) is 0 Å². The van der Waals surface area contributed by atoms with Crippen LogP contribution in [-0.4, -0.2) is 336 Å². The molecule has 0 aromatic heterocycles. The lowest BCUT2D eigenvalue weighted by Crippen LogP contribution is -2.49. The van der Waals surface area contributed by atoms with Crippen molar-refractivity contribution in [3.05, 3.63) is 24.3 Å². The fourth-order valence-corrected chi connectivity index (χ4v) is 15.7. The summed E-state index contributed by atoms with van der Waals surface area (Å²) in [6.07, 6.45) is 15.7. The van der Waals surface area contributed by atoms with Gasteiger partial charge in [-0.2, -0.15) is 0 Å². The number of esters is 12. The largest absolute Gasteiger partial charge is 0.748 e. The summed E-state index contributed by atoms with van der Waals surface area (Å²) in [4.78, 5) is 160. The van der Waals surface area contributed by atoms with Crippen LogP contribution in [0.5, 0.6) is 0 Å². The Labute approximate surface area is 792 Å². The molecule has 2 bridgehead atoms. The van der Waals surface area contributed by atoms with Gasteiger partial charge in [-0.1, -0.05) is 79.8 Å². The van der Waals surface area contributed by atoms with Crippen LogP contribution in [0.1, 0.15) is 136 Å². The second-order valence-electron chi connectivity index (χ2n) is 30.3. The lowest BCUT2D eigenvalue weighted by atomic mass is 9.66. The summed E-state index contributed by atoms with van der Waals surface area (Å²) in [7, 11) is -31.2. The number of carbonyl (C=O) groups excluding carboxylic acids is 13. The van der Waals surface area contributed by atoms with Crippen molar-refractivity contribution in [2.24, 2.45) is 64.1 Å². The SMILES string of the molecule is CC12CCC(C(=O)OCCS(=O)(=O)[O-])(OC1=O)C2(C)C.COC(=O)C1CC=CCC1C(=O)OCCS(=O)(=O)[O-].COC(=O)C1CCCCC1C(=O)OCCS(=O)(=O)[O-].COCOC(=O)C1CCCCC1C(=O)OCCS(=O)(=O)[O-].O=C(CBr)OCCS(=O)(=O)[O-].O=C(CCl)OCCS(=O)(=O)[O-].O=C(O)C1CC=CCC1C(=O)OCCS(=O)(=O)[O-].O=C1CCC(C(=O)OCCS(=O)(=O)[O-])CC1. The minimum Gasteiger partial charge on any atom is -0.748 e. The summed E-state index contributed by atoms with van der Waals surface area (Å²) in [6, 6.07) is 0. The molecule has 0 amide bonds. The van der Waals surface area contributed by atoms with E-state index in [9.17, 15) is 171 Å². The average Bonchev–Trinajstić information content (AvgIpc) is 1.52. The zero-order valence-corrected chi connectivity index (χ0v) is 82.3. The first-order chi connectivity index (χ1) is 62.1. The third kappa shape index (κ3) is 52.7. The van der Waals surface area contributed by atoms with Crippen molar-refractivity contribution < 1.29 is 238 Å². The number of allylic oxidation sites excluding steroid dienone is 4. The predicted molar refractivity (Wildman–Crippen MR) is 447 cm³/mol. The third-order valence-corrected chi connectivity index (χ3v) is 26.7. The molecule has 1 aliphatic heterocycles. The molecule has 5 fully saturated rings. The fraction of sp³-hybridized carbons (Fsp3) is 0.753. The van der Waals surface area contributed by atoms with E-state index >= 15 is 0 Å². The normalized spacial score (nSPS) is 22.4. The highest BCUT2D eigenvalue weighted by Crippen LogP contribution is 2.66. The molecule has 135 heavy (non-hydrogen) atoms. The van der Waals surface area contributed by atoms with Crippen molar-refractivity contribution in [1.82, 2.24) is 0 Å². The van der Waals surface area contributed by atoms with Crippen molar-refractivity contribution in [2.45, 2.75) is 142 Å². The molecule has 1 heterocycles. The van der Waals surface area contributed by atoms with Gasteiger partial charge in [-0.3, -0.25) is 62.3 Å². The average molecular weight is 2190 g/mol. The molecule has 52 nitrogen and oxygen atoms in total. The summed E-state index contributed by atoms with van der Waals surface area (Å²) in [5.74, 6) is -20.5. The van der Waals surface area contributed by atoms with E-state index in [0.717, 1.165) is 25.7 Å². The molecule has 780 valence electrons. The van der Waals surface area contributed by atoms with E-state index in [-0.39, 0.29) is 49.2 Å². The number of hydrogen-bond donors (Lipinski definition) is 1. The number of Topliss-reactive ketones (excluding diaryl/α,β-unsaturated/α-hetero) is 1. The van der Waals surface area contributed by atoms with Gasteiger partial charge < -0.3 is 103 Å². The van der Waals surface area contributed by atoms with Gasteiger partial charge in [-0.15, -0.1) is 11.6 Å². The van der Waals surface area contributed by atoms with Gasteiger partial charge in [-0.05, 0) is 84.0 Å². The smallest absolute Gasteiger partial charge is 0.351 e. The van der Waals surface area contributed by atoms with E-state index in [4.69, 9.17) is 45.1 Å². The monoisotopic (exact) mass is 2180 g/mol. The molecule has 6 aliphatic carbocycles. The van der Waals surface area contributed by atoms with Crippen molar-refractivity contribution in [2.75, 3.05) is 138 Å². The number of ether oxygens (including phenoxy) is 13. The molecule has 1 saturated heterocycles. The van der Waals surface area contributed by atoms with Gasteiger partial charge >= 0.3 is 77.6 Å². The highest BCUT2D eigenvalue weighted by molar-refractivity contribution is 9.09. The molecular formula is C73H106BrClO52S8-8. The Morgan fingerprint density at radius 1 is 0.385 bits per heavy atom. The molecule has 7 aliphatic rings. The van der Waals surface area contributed by atoms with Crippen molar-refractivity contribution in [3.63, 3.8) is 0 Å². The number of fused-ring (bicyclic) bond motifs is 2. The van der Waals surface area contributed by atoms with Crippen LogP contribution in [0, 0.1) is 64.1 Å². The Bertz CT molecular complexity index is 4960. The summed E-state index contributed by atoms with van der Waals surface area (Å²) >= 11 is 7.79. The van der Waals surface area contributed by atoms with Crippen LogP contribution >= 0.6 is 27.5 Å². The van der Waals surface area contributed by atoms with E-state index < -0.39 is 315 Å². The Morgan fingerprint density at radius 2 is 0.659 bits per heavy atom. The topological polar surface area (TPSA) is 837 Å². The molecule has 0 aromatic rings. The molecule has 10 atom stereocenters. The first-order valence-electron chi connectivity index (χ1n) is 40.1. The molecule has 0 aromatic carbocycles. The molecule has 4 saturated carbocycles. The second kappa shape index (κ2) is 60.3. The zero-order chi connectivity index (χ0) is 104. The number of alkyl halides is 2. The van der Waals surface area contributed by atoms with Crippen LogP contribution in [0.25, 0.3) is 0 Å². The van der Waals surface area contributed by atoms with Crippen molar-refractivity contribution in [3.8, 4) is 0 Å². The van der Waals surface area contributed by atoms with Gasteiger partial charge in [0.05, 0.1) is 200 Å². The summed E-state index contributed by atoms with van der Waals surface area (Å²) in [5.41, 5.74) is -2.88.